The summed E-state index contributed by atoms with van der Waals surface area (Å²) in [5.74, 6) is -0.0881. The van der Waals surface area contributed by atoms with E-state index >= 15 is 0 Å². The number of nitrogens with one attached hydrogen (secondary N) is 1. The quantitative estimate of drug-likeness (QED) is 0.781. The number of methoxy groups -OCH3 is 1. The number of ether oxygens (including phenoxy) is 1. The van der Waals surface area contributed by atoms with Crippen molar-refractivity contribution < 1.29 is 17.9 Å². The molecular weight excluding hydrogens is 266 g/mol. The van der Waals surface area contributed by atoms with Crippen LogP contribution in [0.25, 0.3) is 0 Å². The van der Waals surface area contributed by atoms with Gasteiger partial charge in [0.2, 0.25) is 0 Å². The molecule has 1 heterocycles. The first-order chi connectivity index (χ1) is 8.97. The van der Waals surface area contributed by atoms with E-state index in [0.29, 0.717) is 5.92 Å². The average Bonchev–Trinajstić information content (AvgIpc) is 2.38. The zero-order valence-electron chi connectivity index (χ0n) is 11.6. The normalized spacial score (nSPS) is 37.4. The lowest BCUT2D eigenvalue weighted by molar-refractivity contribution is -0.143. The number of fused-ring (bicyclic) bond motifs is 1. The molecule has 1 saturated heterocycles. The number of sulfone groups is 1. The summed E-state index contributed by atoms with van der Waals surface area (Å²) in [5, 5.41) is 2.85. The Kier molecular flexibility index (Phi) is 4.50. The van der Waals surface area contributed by atoms with Gasteiger partial charge in [-0.3, -0.25) is 10.1 Å². The van der Waals surface area contributed by atoms with E-state index in [-0.39, 0.29) is 17.0 Å². The van der Waals surface area contributed by atoms with Crippen LogP contribution in [0.4, 0.5) is 0 Å². The van der Waals surface area contributed by atoms with Gasteiger partial charge in [0.05, 0.1) is 18.1 Å². The second kappa shape index (κ2) is 5.79. The average molecular weight is 289 g/mol. The van der Waals surface area contributed by atoms with Crippen molar-refractivity contribution in [2.75, 3.05) is 12.9 Å². The van der Waals surface area contributed by atoms with Gasteiger partial charge in [-0.1, -0.05) is 19.8 Å². The van der Waals surface area contributed by atoms with Gasteiger partial charge >= 0.3 is 5.97 Å². The third kappa shape index (κ3) is 3.11. The molecule has 110 valence electrons. The van der Waals surface area contributed by atoms with Gasteiger partial charge in [-0.2, -0.15) is 0 Å². The maximum atomic E-state index is 12.3. The first-order valence-electron chi connectivity index (χ1n) is 7.03. The van der Waals surface area contributed by atoms with Crippen LogP contribution in [-0.4, -0.2) is 44.6 Å². The van der Waals surface area contributed by atoms with Crippen LogP contribution >= 0.6 is 0 Å². The largest absolute Gasteiger partial charge is 0.468 e. The van der Waals surface area contributed by atoms with Crippen molar-refractivity contribution in [2.24, 2.45) is 5.92 Å². The summed E-state index contributed by atoms with van der Waals surface area (Å²) >= 11 is 0. The fraction of sp³-hybridized carbons (Fsp3) is 0.923. The minimum atomic E-state index is -3.20. The highest BCUT2D eigenvalue weighted by Crippen LogP contribution is 2.34. The molecule has 0 amide bonds. The molecule has 0 bridgehead atoms. The molecule has 2 rings (SSSR count). The van der Waals surface area contributed by atoms with Gasteiger partial charge in [-0.15, -0.1) is 0 Å². The molecule has 0 spiro atoms. The predicted molar refractivity (Wildman–Crippen MR) is 72.6 cm³/mol. The maximum absolute atomic E-state index is 12.3. The molecule has 5 nitrogen and oxygen atoms in total. The van der Waals surface area contributed by atoms with Crippen molar-refractivity contribution in [1.29, 1.82) is 0 Å². The van der Waals surface area contributed by atoms with Gasteiger partial charge in [-0.05, 0) is 25.2 Å². The summed E-state index contributed by atoms with van der Waals surface area (Å²) in [6.07, 6.45) is 4.81. The molecule has 1 saturated carbocycles. The van der Waals surface area contributed by atoms with Crippen LogP contribution in [0.15, 0.2) is 0 Å². The van der Waals surface area contributed by atoms with Crippen molar-refractivity contribution in [3.05, 3.63) is 0 Å². The van der Waals surface area contributed by atoms with Gasteiger partial charge in [0, 0.05) is 6.04 Å². The van der Waals surface area contributed by atoms with Crippen LogP contribution in [0.1, 0.15) is 39.0 Å². The number of esters is 1. The Balaban J connectivity index is 2.11. The zero-order chi connectivity index (χ0) is 14.0. The highest BCUT2D eigenvalue weighted by atomic mass is 32.2. The predicted octanol–water partition coefficient (Wildman–Crippen LogP) is 0.883. The van der Waals surface area contributed by atoms with Crippen LogP contribution in [0, 0.1) is 5.92 Å². The lowest BCUT2D eigenvalue weighted by Crippen LogP contribution is -2.61. The number of hydrogen-bond acceptors (Lipinski definition) is 5. The van der Waals surface area contributed by atoms with E-state index in [1.807, 2.05) is 0 Å². The Bertz CT molecular complexity index is 434. The Morgan fingerprint density at radius 3 is 2.74 bits per heavy atom. The molecule has 0 aromatic heterocycles. The Labute approximate surface area is 115 Å². The van der Waals surface area contributed by atoms with Crippen molar-refractivity contribution in [2.45, 2.75) is 56.4 Å². The van der Waals surface area contributed by atoms with Crippen LogP contribution in [0.3, 0.4) is 0 Å². The third-order valence-electron chi connectivity index (χ3n) is 4.36. The summed E-state index contributed by atoms with van der Waals surface area (Å²) < 4.78 is 29.4. The number of hydrogen-bond donors (Lipinski definition) is 1. The van der Waals surface area contributed by atoms with E-state index in [9.17, 15) is 13.2 Å². The van der Waals surface area contributed by atoms with Crippen LogP contribution in [-0.2, 0) is 19.4 Å². The fourth-order valence-electron chi connectivity index (χ4n) is 3.41. The Morgan fingerprint density at radius 2 is 2.11 bits per heavy atom. The topological polar surface area (TPSA) is 72.5 Å². The van der Waals surface area contributed by atoms with Crippen molar-refractivity contribution >= 4 is 15.8 Å². The molecule has 4 atom stereocenters. The van der Waals surface area contributed by atoms with Crippen molar-refractivity contribution in [1.82, 2.24) is 5.32 Å². The summed E-state index contributed by atoms with van der Waals surface area (Å²) in [5.41, 5.74) is 0. The first-order valence-corrected chi connectivity index (χ1v) is 8.75. The van der Waals surface area contributed by atoms with Crippen LogP contribution < -0.4 is 5.32 Å². The van der Waals surface area contributed by atoms with E-state index in [4.69, 9.17) is 0 Å². The van der Waals surface area contributed by atoms with E-state index in [1.165, 1.54) is 7.11 Å². The van der Waals surface area contributed by atoms with Gasteiger partial charge in [0.15, 0.2) is 9.84 Å². The molecule has 1 aliphatic heterocycles. The van der Waals surface area contributed by atoms with E-state index in [0.717, 1.165) is 32.1 Å². The Morgan fingerprint density at radius 1 is 1.37 bits per heavy atom. The van der Waals surface area contributed by atoms with Gasteiger partial charge in [0.1, 0.15) is 6.04 Å². The smallest absolute Gasteiger partial charge is 0.323 e. The molecule has 2 fully saturated rings. The summed E-state index contributed by atoms with van der Waals surface area (Å²) in [6.45, 7) is 2.13. The van der Waals surface area contributed by atoms with E-state index in [2.05, 4.69) is 17.0 Å². The lowest BCUT2D eigenvalue weighted by Gasteiger charge is -2.41. The standard InChI is InChI=1S/C13H23NO4S/c1-3-4-9-5-6-10-12(7-9)19(16,17)8-11(14-10)13(15)18-2/h9-12,14H,3-8H2,1-2H3. The van der Waals surface area contributed by atoms with Gasteiger partial charge < -0.3 is 4.74 Å². The first kappa shape index (κ1) is 14.8. The summed E-state index contributed by atoms with van der Waals surface area (Å²) in [7, 11) is -1.91. The second-order valence-electron chi connectivity index (χ2n) is 5.68. The minimum absolute atomic E-state index is 0.0871. The zero-order valence-corrected chi connectivity index (χ0v) is 12.4. The van der Waals surface area contributed by atoms with E-state index in [1.54, 1.807) is 0 Å². The molecule has 2 aliphatic rings. The molecular formula is C13H23NO4S. The second-order valence-corrected chi connectivity index (χ2v) is 7.95. The highest BCUT2D eigenvalue weighted by Gasteiger charge is 2.46. The minimum Gasteiger partial charge on any atom is -0.468 e. The van der Waals surface area contributed by atoms with Crippen molar-refractivity contribution in [3.63, 3.8) is 0 Å². The van der Waals surface area contributed by atoms with Crippen LogP contribution in [0.2, 0.25) is 0 Å². The molecule has 6 heteroatoms. The number of rotatable bonds is 3. The fourth-order valence-corrected chi connectivity index (χ4v) is 5.64. The molecule has 0 radical (unpaired) electrons. The number of carbonyl (C=O) groups is 1. The molecule has 1 N–H and O–H groups in total. The molecule has 0 aromatic carbocycles. The van der Waals surface area contributed by atoms with Gasteiger partial charge in [-0.25, -0.2) is 8.42 Å². The SMILES string of the molecule is CCCC1CCC2NC(C(=O)OC)CS(=O)(=O)C2C1. The van der Waals surface area contributed by atoms with Gasteiger partial charge in [0.25, 0.3) is 0 Å². The molecule has 19 heavy (non-hydrogen) atoms. The van der Waals surface area contributed by atoms with E-state index < -0.39 is 21.8 Å². The highest BCUT2D eigenvalue weighted by molar-refractivity contribution is 7.92. The molecule has 0 aromatic rings. The maximum Gasteiger partial charge on any atom is 0.323 e. The Hall–Kier alpha value is -0.620. The number of carbonyl (C=O) groups excluding carboxylic acids is 1. The monoisotopic (exact) mass is 289 g/mol. The lowest BCUT2D eigenvalue weighted by atomic mass is 9.83. The third-order valence-corrected chi connectivity index (χ3v) is 6.60. The van der Waals surface area contributed by atoms with Crippen LogP contribution in [0.5, 0.6) is 0 Å². The summed E-state index contributed by atoms with van der Waals surface area (Å²) in [6, 6.07) is -0.782. The summed E-state index contributed by atoms with van der Waals surface area (Å²) in [4.78, 5) is 11.5. The van der Waals surface area contributed by atoms with Crippen molar-refractivity contribution in [3.8, 4) is 0 Å². The molecule has 1 aliphatic carbocycles. The molecule has 4 unspecified atom stereocenters.